The van der Waals surface area contributed by atoms with Crippen LogP contribution in [-0.2, 0) is 0 Å². The molecule has 0 saturated heterocycles. The Balaban J connectivity index is 1.95. The Morgan fingerprint density at radius 2 is 1.96 bits per heavy atom. The van der Waals surface area contributed by atoms with Crippen molar-refractivity contribution in [2.45, 2.75) is 0 Å². The van der Waals surface area contributed by atoms with Crippen LogP contribution in [-0.4, -0.2) is 27.4 Å². The number of rotatable bonds is 4. The third-order valence-corrected chi connectivity index (χ3v) is 3.41. The maximum Gasteiger partial charge on any atom is 0.337 e. The molecule has 0 unspecified atom stereocenters. The topological polar surface area (TPSA) is 95.9 Å². The van der Waals surface area contributed by atoms with Crippen LogP contribution in [0.3, 0.4) is 0 Å². The number of aromatic carboxylic acids is 1. The number of carboxylic acid groups (broad SMARTS) is 1. The lowest BCUT2D eigenvalue weighted by atomic mass is 10.2. The van der Waals surface area contributed by atoms with E-state index < -0.39 is 11.9 Å². The van der Waals surface area contributed by atoms with Gasteiger partial charge in [-0.25, -0.2) is 9.78 Å². The van der Waals surface area contributed by atoms with E-state index in [0.29, 0.717) is 10.6 Å². The second kappa shape index (κ2) is 6.55. The molecular formula is C17H11ClN2O4. The van der Waals surface area contributed by atoms with Crippen molar-refractivity contribution >= 4 is 29.5 Å². The first-order valence-corrected chi connectivity index (χ1v) is 7.24. The van der Waals surface area contributed by atoms with Gasteiger partial charge in [0.1, 0.15) is 0 Å². The molecule has 0 atom stereocenters. The fourth-order valence-electron chi connectivity index (χ4n) is 2.04. The summed E-state index contributed by atoms with van der Waals surface area (Å²) < 4.78 is 5.20. The van der Waals surface area contributed by atoms with Crippen LogP contribution in [0.2, 0.25) is 5.02 Å². The SMILES string of the molecule is O=C(O)c1ccc(Cl)cc1N=Cc1nc(-c2ccccc2)oc1O. The fraction of sp³-hybridized carbons (Fsp3) is 0. The van der Waals surface area contributed by atoms with E-state index in [0.717, 1.165) is 0 Å². The highest BCUT2D eigenvalue weighted by atomic mass is 35.5. The van der Waals surface area contributed by atoms with E-state index in [2.05, 4.69) is 9.98 Å². The molecule has 0 saturated carbocycles. The molecule has 2 N–H and O–H groups in total. The monoisotopic (exact) mass is 342 g/mol. The standard InChI is InChI=1S/C17H11ClN2O4/c18-11-6-7-12(16(21)22)13(8-11)19-9-14-17(23)24-15(20-14)10-4-2-1-3-5-10/h1-9,23H,(H,21,22). The van der Waals surface area contributed by atoms with Gasteiger partial charge in [0.05, 0.1) is 17.5 Å². The number of benzene rings is 2. The van der Waals surface area contributed by atoms with E-state index in [4.69, 9.17) is 21.1 Å². The molecule has 1 aromatic heterocycles. The van der Waals surface area contributed by atoms with E-state index in [-0.39, 0.29) is 22.8 Å². The summed E-state index contributed by atoms with van der Waals surface area (Å²) in [5.41, 5.74) is 0.923. The summed E-state index contributed by atoms with van der Waals surface area (Å²) >= 11 is 5.87. The summed E-state index contributed by atoms with van der Waals surface area (Å²) in [7, 11) is 0. The zero-order valence-corrected chi connectivity index (χ0v) is 12.9. The fourth-order valence-corrected chi connectivity index (χ4v) is 2.20. The molecule has 0 aliphatic heterocycles. The summed E-state index contributed by atoms with van der Waals surface area (Å²) in [4.78, 5) is 19.4. The first-order valence-electron chi connectivity index (χ1n) is 6.86. The number of carbonyl (C=O) groups is 1. The van der Waals surface area contributed by atoms with E-state index in [1.165, 1.54) is 24.4 Å². The minimum Gasteiger partial charge on any atom is -0.479 e. The summed E-state index contributed by atoms with van der Waals surface area (Å²) in [5.74, 6) is -1.30. The third-order valence-electron chi connectivity index (χ3n) is 3.17. The van der Waals surface area contributed by atoms with Crippen LogP contribution in [0.25, 0.3) is 11.5 Å². The van der Waals surface area contributed by atoms with Crippen molar-refractivity contribution in [3.8, 4) is 17.4 Å². The van der Waals surface area contributed by atoms with Gasteiger partial charge in [-0.05, 0) is 30.3 Å². The molecule has 24 heavy (non-hydrogen) atoms. The molecule has 0 radical (unpaired) electrons. The third kappa shape index (κ3) is 3.28. The van der Waals surface area contributed by atoms with Gasteiger partial charge in [-0.3, -0.25) is 4.99 Å². The summed E-state index contributed by atoms with van der Waals surface area (Å²) in [6, 6.07) is 13.3. The number of aromatic hydroxyl groups is 1. The minimum absolute atomic E-state index is 0.0121. The van der Waals surface area contributed by atoms with Crippen molar-refractivity contribution in [1.29, 1.82) is 0 Å². The number of oxazole rings is 1. The van der Waals surface area contributed by atoms with Gasteiger partial charge in [0.15, 0.2) is 5.69 Å². The van der Waals surface area contributed by atoms with Crippen LogP contribution in [0.5, 0.6) is 5.95 Å². The first-order chi connectivity index (χ1) is 11.5. The first kappa shape index (κ1) is 15.8. The molecule has 3 rings (SSSR count). The van der Waals surface area contributed by atoms with E-state index in [1.54, 1.807) is 12.1 Å². The Bertz CT molecular complexity index is 920. The number of hydrogen-bond acceptors (Lipinski definition) is 5. The van der Waals surface area contributed by atoms with Gasteiger partial charge < -0.3 is 14.6 Å². The van der Waals surface area contributed by atoms with E-state index in [9.17, 15) is 9.90 Å². The maximum atomic E-state index is 11.2. The number of halogens is 1. The molecule has 0 spiro atoms. The van der Waals surface area contributed by atoms with Gasteiger partial charge in [0, 0.05) is 10.6 Å². The lowest BCUT2D eigenvalue weighted by Crippen LogP contribution is -1.96. The second-order valence-corrected chi connectivity index (χ2v) is 5.24. The van der Waals surface area contributed by atoms with Gasteiger partial charge in [-0.2, -0.15) is 0 Å². The highest BCUT2D eigenvalue weighted by Crippen LogP contribution is 2.27. The molecule has 120 valence electrons. The lowest BCUT2D eigenvalue weighted by Gasteiger charge is -2.00. The van der Waals surface area contributed by atoms with E-state index >= 15 is 0 Å². The molecule has 0 amide bonds. The van der Waals surface area contributed by atoms with Crippen LogP contribution in [0.15, 0.2) is 57.9 Å². The van der Waals surface area contributed by atoms with Gasteiger partial charge in [0.2, 0.25) is 5.89 Å². The maximum absolute atomic E-state index is 11.2. The Morgan fingerprint density at radius 1 is 1.21 bits per heavy atom. The van der Waals surface area contributed by atoms with E-state index in [1.807, 2.05) is 18.2 Å². The number of nitrogens with zero attached hydrogens (tertiary/aromatic N) is 2. The molecule has 0 aliphatic carbocycles. The highest BCUT2D eigenvalue weighted by Gasteiger charge is 2.13. The molecule has 0 fully saturated rings. The average molecular weight is 343 g/mol. The molecule has 2 aromatic carbocycles. The average Bonchev–Trinajstić information content (AvgIpc) is 2.94. The summed E-state index contributed by atoms with van der Waals surface area (Å²) in [5, 5.41) is 19.4. The smallest absolute Gasteiger partial charge is 0.337 e. The predicted octanol–water partition coefficient (Wildman–Crippen LogP) is 4.15. The molecule has 3 aromatic rings. The molecular weight excluding hydrogens is 332 g/mol. The number of aromatic nitrogens is 1. The molecule has 0 bridgehead atoms. The normalized spacial score (nSPS) is 11.0. The second-order valence-electron chi connectivity index (χ2n) is 4.80. The zero-order valence-electron chi connectivity index (χ0n) is 12.2. The minimum atomic E-state index is -1.13. The molecule has 6 nitrogen and oxygen atoms in total. The number of aliphatic imine (C=N–C) groups is 1. The van der Waals surface area contributed by atoms with Crippen molar-refractivity contribution in [2.24, 2.45) is 4.99 Å². The van der Waals surface area contributed by atoms with Gasteiger partial charge in [-0.15, -0.1) is 0 Å². The van der Waals surface area contributed by atoms with Crippen molar-refractivity contribution in [3.63, 3.8) is 0 Å². The zero-order chi connectivity index (χ0) is 17.1. The summed E-state index contributed by atoms with van der Waals surface area (Å²) in [6.45, 7) is 0. The quantitative estimate of drug-likeness (QED) is 0.694. The van der Waals surface area contributed by atoms with Crippen LogP contribution < -0.4 is 0 Å². The molecule has 1 heterocycles. The Hall–Kier alpha value is -3.12. The molecule has 7 heteroatoms. The van der Waals surface area contributed by atoms with Crippen LogP contribution in [0.4, 0.5) is 5.69 Å². The Labute approximate surface area is 141 Å². The Kier molecular flexibility index (Phi) is 4.31. The van der Waals surface area contributed by atoms with Gasteiger partial charge in [-0.1, -0.05) is 29.8 Å². The van der Waals surface area contributed by atoms with Gasteiger partial charge in [0.25, 0.3) is 0 Å². The molecule has 0 aliphatic rings. The highest BCUT2D eigenvalue weighted by molar-refractivity contribution is 6.31. The van der Waals surface area contributed by atoms with Crippen LogP contribution in [0, 0.1) is 0 Å². The van der Waals surface area contributed by atoms with Crippen LogP contribution >= 0.6 is 11.6 Å². The summed E-state index contributed by atoms with van der Waals surface area (Å²) in [6.07, 6.45) is 1.23. The predicted molar refractivity (Wildman–Crippen MR) is 89.3 cm³/mol. The lowest BCUT2D eigenvalue weighted by molar-refractivity contribution is 0.0698. The van der Waals surface area contributed by atoms with Crippen molar-refractivity contribution in [1.82, 2.24) is 4.98 Å². The van der Waals surface area contributed by atoms with Gasteiger partial charge >= 0.3 is 11.9 Å². The number of carboxylic acids is 1. The Morgan fingerprint density at radius 3 is 2.67 bits per heavy atom. The van der Waals surface area contributed by atoms with Crippen molar-refractivity contribution in [3.05, 3.63) is 64.8 Å². The van der Waals surface area contributed by atoms with Crippen LogP contribution in [0.1, 0.15) is 16.1 Å². The van der Waals surface area contributed by atoms with Crippen molar-refractivity contribution < 1.29 is 19.4 Å². The largest absolute Gasteiger partial charge is 0.479 e. The number of hydrogen-bond donors (Lipinski definition) is 2. The van der Waals surface area contributed by atoms with Crippen molar-refractivity contribution in [2.75, 3.05) is 0 Å².